The van der Waals surface area contributed by atoms with Gasteiger partial charge in [0.1, 0.15) is 0 Å². The van der Waals surface area contributed by atoms with E-state index in [1.165, 1.54) is 0 Å². The maximum Gasteiger partial charge on any atom is 0.311 e. The van der Waals surface area contributed by atoms with E-state index in [0.717, 1.165) is 6.42 Å². The molecule has 1 heterocycles. The van der Waals surface area contributed by atoms with Gasteiger partial charge >= 0.3 is 5.97 Å². The van der Waals surface area contributed by atoms with Gasteiger partial charge in [-0.05, 0) is 19.3 Å². The van der Waals surface area contributed by atoms with Gasteiger partial charge in [0, 0.05) is 33.2 Å². The molecule has 1 rings (SSSR count). The smallest absolute Gasteiger partial charge is 0.311 e. The summed E-state index contributed by atoms with van der Waals surface area (Å²) >= 11 is 0. The standard InChI is InChI=1S/C13H23NO4/c1-3-6-13(12(16)17)7-8-14(10-13)11(15)5-4-9-18-2/h3-10H2,1-2H3,(H,16,17). The van der Waals surface area contributed by atoms with E-state index in [0.29, 0.717) is 45.4 Å². The van der Waals surface area contributed by atoms with Crippen molar-refractivity contribution in [2.75, 3.05) is 26.8 Å². The van der Waals surface area contributed by atoms with Gasteiger partial charge in [-0.2, -0.15) is 0 Å². The van der Waals surface area contributed by atoms with E-state index in [1.54, 1.807) is 12.0 Å². The average molecular weight is 257 g/mol. The van der Waals surface area contributed by atoms with Gasteiger partial charge in [-0.15, -0.1) is 0 Å². The van der Waals surface area contributed by atoms with Crippen molar-refractivity contribution in [1.82, 2.24) is 4.90 Å². The van der Waals surface area contributed by atoms with Crippen molar-refractivity contribution < 1.29 is 19.4 Å². The summed E-state index contributed by atoms with van der Waals surface area (Å²) in [5.74, 6) is -0.720. The maximum atomic E-state index is 11.9. The van der Waals surface area contributed by atoms with Gasteiger partial charge in [0.05, 0.1) is 5.41 Å². The Bertz CT molecular complexity index is 305. The second kappa shape index (κ2) is 6.73. The first-order valence-electron chi connectivity index (χ1n) is 6.56. The molecule has 18 heavy (non-hydrogen) atoms. The summed E-state index contributed by atoms with van der Waals surface area (Å²) in [7, 11) is 1.61. The Labute approximate surface area is 108 Å². The van der Waals surface area contributed by atoms with E-state index in [1.807, 2.05) is 6.92 Å². The van der Waals surface area contributed by atoms with E-state index < -0.39 is 11.4 Å². The Morgan fingerprint density at radius 3 is 2.72 bits per heavy atom. The van der Waals surface area contributed by atoms with Crippen molar-refractivity contribution in [2.24, 2.45) is 5.41 Å². The minimum atomic E-state index is -0.767. The largest absolute Gasteiger partial charge is 0.481 e. The normalized spacial score (nSPS) is 23.3. The fourth-order valence-corrected chi connectivity index (χ4v) is 2.58. The zero-order chi connectivity index (χ0) is 13.6. The highest BCUT2D eigenvalue weighted by molar-refractivity contribution is 5.80. The average Bonchev–Trinajstić information content (AvgIpc) is 2.75. The molecule has 1 fully saturated rings. The van der Waals surface area contributed by atoms with E-state index >= 15 is 0 Å². The molecule has 0 bridgehead atoms. The summed E-state index contributed by atoms with van der Waals surface area (Å²) < 4.78 is 4.91. The molecule has 0 saturated carbocycles. The van der Waals surface area contributed by atoms with Gasteiger partial charge in [-0.25, -0.2) is 0 Å². The van der Waals surface area contributed by atoms with Gasteiger partial charge in [-0.1, -0.05) is 13.3 Å². The molecule has 1 unspecified atom stereocenters. The van der Waals surface area contributed by atoms with Gasteiger partial charge < -0.3 is 14.7 Å². The molecule has 0 spiro atoms. The topological polar surface area (TPSA) is 66.8 Å². The highest BCUT2D eigenvalue weighted by atomic mass is 16.5. The molecule has 0 aliphatic carbocycles. The van der Waals surface area contributed by atoms with Crippen molar-refractivity contribution in [3.8, 4) is 0 Å². The first-order valence-corrected chi connectivity index (χ1v) is 6.56. The third-order valence-corrected chi connectivity index (χ3v) is 3.63. The molecule has 5 nitrogen and oxygen atoms in total. The van der Waals surface area contributed by atoms with Crippen molar-refractivity contribution in [1.29, 1.82) is 0 Å². The lowest BCUT2D eigenvalue weighted by molar-refractivity contribution is -0.149. The van der Waals surface area contributed by atoms with Crippen molar-refractivity contribution >= 4 is 11.9 Å². The molecule has 0 aromatic heterocycles. The number of nitrogens with zero attached hydrogens (tertiary/aromatic N) is 1. The Kier molecular flexibility index (Phi) is 5.59. The molecule has 1 aliphatic heterocycles. The maximum absolute atomic E-state index is 11.9. The number of amides is 1. The molecule has 1 saturated heterocycles. The molecular weight excluding hydrogens is 234 g/mol. The summed E-state index contributed by atoms with van der Waals surface area (Å²) in [4.78, 5) is 25.0. The quantitative estimate of drug-likeness (QED) is 0.702. The molecule has 0 radical (unpaired) electrons. The highest BCUT2D eigenvalue weighted by Gasteiger charge is 2.45. The van der Waals surface area contributed by atoms with Crippen LogP contribution >= 0.6 is 0 Å². The predicted octanol–water partition coefficient (Wildman–Crippen LogP) is 1.52. The zero-order valence-corrected chi connectivity index (χ0v) is 11.3. The van der Waals surface area contributed by atoms with Crippen LogP contribution in [-0.2, 0) is 14.3 Å². The SMILES string of the molecule is CCCC1(C(=O)O)CCN(C(=O)CCCOC)C1. The summed E-state index contributed by atoms with van der Waals surface area (Å²) in [5, 5.41) is 9.35. The van der Waals surface area contributed by atoms with Crippen LogP contribution in [0.15, 0.2) is 0 Å². The lowest BCUT2D eigenvalue weighted by atomic mass is 9.83. The minimum absolute atomic E-state index is 0.0475. The third kappa shape index (κ3) is 3.45. The van der Waals surface area contributed by atoms with Crippen molar-refractivity contribution in [2.45, 2.75) is 39.0 Å². The predicted molar refractivity (Wildman–Crippen MR) is 67.3 cm³/mol. The second-order valence-electron chi connectivity index (χ2n) is 5.00. The summed E-state index contributed by atoms with van der Waals surface area (Å²) in [5.41, 5.74) is -0.717. The Balaban J connectivity index is 2.52. The molecule has 5 heteroatoms. The number of carbonyl (C=O) groups is 2. The number of carboxylic acids is 1. The minimum Gasteiger partial charge on any atom is -0.481 e. The number of hydrogen-bond donors (Lipinski definition) is 1. The van der Waals surface area contributed by atoms with Gasteiger partial charge in [-0.3, -0.25) is 9.59 Å². The number of methoxy groups -OCH3 is 1. The summed E-state index contributed by atoms with van der Waals surface area (Å²) in [6.07, 6.45) is 3.18. The first kappa shape index (κ1) is 15.0. The van der Waals surface area contributed by atoms with Crippen LogP contribution in [-0.4, -0.2) is 48.7 Å². The van der Waals surface area contributed by atoms with Crippen LogP contribution in [0.25, 0.3) is 0 Å². The number of carboxylic acid groups (broad SMARTS) is 1. The summed E-state index contributed by atoms with van der Waals surface area (Å²) in [6.45, 7) is 3.48. The molecule has 104 valence electrons. The van der Waals surface area contributed by atoms with E-state index in [-0.39, 0.29) is 5.91 Å². The van der Waals surface area contributed by atoms with Gasteiger partial charge in [0.2, 0.25) is 5.91 Å². The number of rotatable bonds is 7. The van der Waals surface area contributed by atoms with E-state index in [9.17, 15) is 14.7 Å². The van der Waals surface area contributed by atoms with Crippen molar-refractivity contribution in [3.63, 3.8) is 0 Å². The number of hydrogen-bond acceptors (Lipinski definition) is 3. The molecule has 0 aromatic carbocycles. The van der Waals surface area contributed by atoms with Crippen LogP contribution in [0.3, 0.4) is 0 Å². The van der Waals surface area contributed by atoms with Crippen LogP contribution in [0.1, 0.15) is 39.0 Å². The van der Waals surface area contributed by atoms with Gasteiger partial charge in [0.25, 0.3) is 0 Å². The molecule has 0 aromatic rings. The van der Waals surface area contributed by atoms with Gasteiger partial charge in [0.15, 0.2) is 0 Å². The number of carbonyl (C=O) groups excluding carboxylic acids is 1. The zero-order valence-electron chi connectivity index (χ0n) is 11.3. The molecule has 1 N–H and O–H groups in total. The summed E-state index contributed by atoms with van der Waals surface area (Å²) in [6, 6.07) is 0. The molecule has 1 aliphatic rings. The van der Waals surface area contributed by atoms with Crippen LogP contribution < -0.4 is 0 Å². The lowest BCUT2D eigenvalue weighted by Crippen LogP contribution is -2.36. The van der Waals surface area contributed by atoms with Crippen molar-refractivity contribution in [3.05, 3.63) is 0 Å². The number of likely N-dealkylation sites (tertiary alicyclic amines) is 1. The van der Waals surface area contributed by atoms with Crippen LogP contribution in [0.5, 0.6) is 0 Å². The van der Waals surface area contributed by atoms with Crippen LogP contribution in [0.4, 0.5) is 0 Å². The fourth-order valence-electron chi connectivity index (χ4n) is 2.58. The second-order valence-corrected chi connectivity index (χ2v) is 5.00. The monoisotopic (exact) mass is 257 g/mol. The lowest BCUT2D eigenvalue weighted by Gasteiger charge is -2.24. The molecule has 1 amide bonds. The molecule has 1 atom stereocenters. The number of aliphatic carboxylic acids is 1. The Morgan fingerprint density at radius 1 is 1.44 bits per heavy atom. The van der Waals surface area contributed by atoms with Crippen LogP contribution in [0, 0.1) is 5.41 Å². The Morgan fingerprint density at radius 2 is 2.17 bits per heavy atom. The third-order valence-electron chi connectivity index (χ3n) is 3.63. The van der Waals surface area contributed by atoms with Crippen LogP contribution in [0.2, 0.25) is 0 Å². The van der Waals surface area contributed by atoms with E-state index in [2.05, 4.69) is 0 Å². The van der Waals surface area contributed by atoms with E-state index in [4.69, 9.17) is 4.74 Å². The Hall–Kier alpha value is -1.10. The fraction of sp³-hybridized carbons (Fsp3) is 0.846. The number of ether oxygens (including phenoxy) is 1. The highest BCUT2D eigenvalue weighted by Crippen LogP contribution is 2.35. The first-order chi connectivity index (χ1) is 8.55. The molecular formula is C13H23NO4.